The van der Waals surface area contributed by atoms with Gasteiger partial charge in [0.15, 0.2) is 11.0 Å². The Morgan fingerprint density at radius 1 is 0.949 bits per heavy atom. The third-order valence-electron chi connectivity index (χ3n) is 5.52. The van der Waals surface area contributed by atoms with Gasteiger partial charge in [-0.05, 0) is 71.8 Å². The molecule has 8 nitrogen and oxygen atoms in total. The van der Waals surface area contributed by atoms with E-state index in [1.165, 1.54) is 11.8 Å². The molecule has 5 rings (SSSR count). The zero-order valence-electron chi connectivity index (χ0n) is 20.6. The van der Waals surface area contributed by atoms with Crippen molar-refractivity contribution in [2.45, 2.75) is 11.8 Å². The van der Waals surface area contributed by atoms with Gasteiger partial charge in [-0.2, -0.15) is 5.10 Å². The van der Waals surface area contributed by atoms with Gasteiger partial charge in [0.25, 0.3) is 5.91 Å². The molecule has 39 heavy (non-hydrogen) atoms. The van der Waals surface area contributed by atoms with Crippen LogP contribution in [0.3, 0.4) is 0 Å². The molecule has 3 aromatic carbocycles. The summed E-state index contributed by atoms with van der Waals surface area (Å²) < 4.78 is 8.69. The number of hydrogen-bond acceptors (Lipinski definition) is 7. The molecule has 2 heterocycles. The quantitative estimate of drug-likeness (QED) is 0.122. The molecule has 2 aromatic heterocycles. The minimum absolute atomic E-state index is 0.120. The van der Waals surface area contributed by atoms with Gasteiger partial charge in [0.2, 0.25) is 0 Å². The second kappa shape index (κ2) is 13.0. The van der Waals surface area contributed by atoms with Crippen LogP contribution in [0.1, 0.15) is 11.1 Å². The number of pyridine rings is 1. The monoisotopic (exact) mass is 598 g/mol. The predicted octanol–water partition coefficient (Wildman–Crippen LogP) is 5.91. The maximum atomic E-state index is 12.5. The molecule has 0 aliphatic rings. The topological polar surface area (TPSA) is 94.3 Å². The molecule has 0 fully saturated rings. The third-order valence-corrected chi connectivity index (χ3v) is 6.98. The lowest BCUT2D eigenvalue weighted by Gasteiger charge is -2.10. The summed E-state index contributed by atoms with van der Waals surface area (Å²) in [4.78, 5) is 16.6. The molecule has 0 bridgehead atoms. The van der Waals surface area contributed by atoms with E-state index in [9.17, 15) is 4.79 Å². The number of carbonyl (C=O) groups excluding carboxylic acids is 1. The number of benzene rings is 3. The fourth-order valence-corrected chi connectivity index (χ4v) is 4.62. The van der Waals surface area contributed by atoms with E-state index in [0.717, 1.165) is 32.6 Å². The van der Waals surface area contributed by atoms with Crippen molar-refractivity contribution in [3.8, 4) is 22.8 Å². The molecule has 1 N–H and O–H groups in total. The molecule has 0 saturated heterocycles. The molecule has 194 valence electrons. The number of ether oxygens (including phenoxy) is 1. The summed E-state index contributed by atoms with van der Waals surface area (Å²) in [7, 11) is 0. The summed E-state index contributed by atoms with van der Waals surface area (Å²) in [6.07, 6.45) is 5.01. The van der Waals surface area contributed by atoms with Gasteiger partial charge < -0.3 is 4.74 Å². The average Bonchev–Trinajstić information content (AvgIpc) is 3.41. The molecule has 0 radical (unpaired) electrons. The molecule has 1 amide bonds. The Kier molecular flexibility index (Phi) is 8.77. The zero-order valence-corrected chi connectivity index (χ0v) is 23.0. The second-order valence-corrected chi connectivity index (χ2v) is 10.1. The van der Waals surface area contributed by atoms with E-state index in [2.05, 4.69) is 41.6 Å². The number of rotatable bonds is 10. The molecule has 0 spiro atoms. The average molecular weight is 600 g/mol. The highest BCUT2D eigenvalue weighted by molar-refractivity contribution is 9.10. The van der Waals surface area contributed by atoms with Gasteiger partial charge >= 0.3 is 0 Å². The van der Waals surface area contributed by atoms with Crippen molar-refractivity contribution >= 4 is 39.8 Å². The SMILES string of the molecule is O=C(CSc1nnc(-c2ccncc2)n1-c1ccc(Br)cc1)N/N=C\c1ccc(OCc2ccccc2)cc1. The van der Waals surface area contributed by atoms with E-state index < -0.39 is 0 Å². The minimum atomic E-state index is -0.255. The van der Waals surface area contributed by atoms with Crippen molar-refractivity contribution in [3.05, 3.63) is 119 Å². The van der Waals surface area contributed by atoms with E-state index in [4.69, 9.17) is 4.74 Å². The lowest BCUT2D eigenvalue weighted by atomic mass is 10.2. The summed E-state index contributed by atoms with van der Waals surface area (Å²) >= 11 is 4.76. The molecule has 0 aliphatic carbocycles. The Labute approximate surface area is 238 Å². The van der Waals surface area contributed by atoms with Gasteiger partial charge in [-0.15, -0.1) is 10.2 Å². The Balaban J connectivity index is 1.18. The molecular formula is C29H23BrN6O2S. The van der Waals surface area contributed by atoms with E-state index in [0.29, 0.717) is 17.6 Å². The van der Waals surface area contributed by atoms with Gasteiger partial charge in [0.05, 0.1) is 12.0 Å². The maximum absolute atomic E-state index is 12.5. The number of nitrogens with one attached hydrogen (secondary N) is 1. The number of nitrogens with zero attached hydrogens (tertiary/aromatic N) is 5. The normalized spacial score (nSPS) is 11.0. The van der Waals surface area contributed by atoms with Crippen LogP contribution in [0.2, 0.25) is 0 Å². The van der Waals surface area contributed by atoms with Crippen LogP contribution < -0.4 is 10.2 Å². The van der Waals surface area contributed by atoms with Crippen LogP contribution in [0.5, 0.6) is 5.75 Å². The van der Waals surface area contributed by atoms with Crippen molar-refractivity contribution in [2.75, 3.05) is 5.75 Å². The molecule has 0 aliphatic heterocycles. The third kappa shape index (κ3) is 7.18. The summed E-state index contributed by atoms with van der Waals surface area (Å²) in [5.41, 5.74) is 6.27. The van der Waals surface area contributed by atoms with E-state index in [-0.39, 0.29) is 11.7 Å². The zero-order chi connectivity index (χ0) is 26.9. The Hall–Kier alpha value is -4.28. The van der Waals surface area contributed by atoms with Crippen LogP contribution in [-0.4, -0.2) is 37.6 Å². The first-order valence-corrected chi connectivity index (χ1v) is 13.8. The van der Waals surface area contributed by atoms with E-state index in [1.807, 2.05) is 95.6 Å². The molecule has 0 atom stereocenters. The second-order valence-electron chi connectivity index (χ2n) is 8.28. The first kappa shape index (κ1) is 26.3. The predicted molar refractivity (Wildman–Crippen MR) is 156 cm³/mol. The van der Waals surface area contributed by atoms with Gasteiger partial charge in [-0.25, -0.2) is 5.43 Å². The van der Waals surface area contributed by atoms with E-state index >= 15 is 0 Å². The van der Waals surface area contributed by atoms with Crippen molar-refractivity contribution in [3.63, 3.8) is 0 Å². The largest absolute Gasteiger partial charge is 0.489 e. The molecular weight excluding hydrogens is 576 g/mol. The van der Waals surface area contributed by atoms with Gasteiger partial charge in [-0.3, -0.25) is 14.3 Å². The maximum Gasteiger partial charge on any atom is 0.250 e. The molecule has 0 unspecified atom stereocenters. The number of hydrogen-bond donors (Lipinski definition) is 1. The highest BCUT2D eigenvalue weighted by Gasteiger charge is 2.17. The van der Waals surface area contributed by atoms with Crippen molar-refractivity contribution < 1.29 is 9.53 Å². The summed E-state index contributed by atoms with van der Waals surface area (Å²) in [6, 6.07) is 29.1. The number of hydrazone groups is 1. The number of carbonyl (C=O) groups is 1. The van der Waals surface area contributed by atoms with Crippen molar-refractivity contribution in [1.29, 1.82) is 0 Å². The van der Waals surface area contributed by atoms with Crippen molar-refractivity contribution in [1.82, 2.24) is 25.2 Å². The van der Waals surface area contributed by atoms with Gasteiger partial charge in [-0.1, -0.05) is 58.0 Å². The van der Waals surface area contributed by atoms with Gasteiger partial charge in [0, 0.05) is 28.1 Å². The Morgan fingerprint density at radius 2 is 1.69 bits per heavy atom. The Bertz CT molecular complexity index is 1540. The highest BCUT2D eigenvalue weighted by atomic mass is 79.9. The van der Waals surface area contributed by atoms with Crippen LogP contribution in [0.25, 0.3) is 17.1 Å². The fraction of sp³-hybridized carbons (Fsp3) is 0.0690. The first-order chi connectivity index (χ1) is 19.2. The first-order valence-electron chi connectivity index (χ1n) is 12.0. The van der Waals surface area contributed by atoms with Crippen LogP contribution >= 0.6 is 27.7 Å². The lowest BCUT2D eigenvalue weighted by molar-refractivity contribution is -0.118. The number of halogens is 1. The number of aromatic nitrogens is 4. The number of thioether (sulfide) groups is 1. The summed E-state index contributed by atoms with van der Waals surface area (Å²) in [5.74, 6) is 1.29. The van der Waals surface area contributed by atoms with Crippen LogP contribution in [0, 0.1) is 0 Å². The Morgan fingerprint density at radius 3 is 2.44 bits per heavy atom. The minimum Gasteiger partial charge on any atom is -0.489 e. The van der Waals surface area contributed by atoms with Crippen molar-refractivity contribution in [2.24, 2.45) is 5.10 Å². The molecule has 10 heteroatoms. The standard InChI is InChI=1S/C29H23BrN6O2S/c30-24-8-10-25(11-9-24)36-28(23-14-16-31-17-15-23)34-35-29(36)39-20-27(37)33-32-18-21-6-12-26(13-7-21)38-19-22-4-2-1-3-5-22/h1-18H,19-20H2,(H,33,37)/b32-18-. The number of amides is 1. The van der Waals surface area contributed by atoms with Crippen LogP contribution in [0.4, 0.5) is 0 Å². The lowest BCUT2D eigenvalue weighted by Crippen LogP contribution is -2.20. The van der Waals surface area contributed by atoms with Crippen LogP contribution in [-0.2, 0) is 11.4 Å². The summed E-state index contributed by atoms with van der Waals surface area (Å²) in [5, 5.41) is 13.4. The smallest absolute Gasteiger partial charge is 0.250 e. The molecule has 5 aromatic rings. The summed E-state index contributed by atoms with van der Waals surface area (Å²) in [6.45, 7) is 0.502. The van der Waals surface area contributed by atoms with Gasteiger partial charge in [0.1, 0.15) is 12.4 Å². The highest BCUT2D eigenvalue weighted by Crippen LogP contribution is 2.28. The fourth-order valence-electron chi connectivity index (χ4n) is 3.61. The molecule has 0 saturated carbocycles. The van der Waals surface area contributed by atoms with E-state index in [1.54, 1.807) is 18.6 Å². The van der Waals surface area contributed by atoms with Crippen LogP contribution in [0.15, 0.2) is 118 Å².